The highest BCUT2D eigenvalue weighted by Gasteiger charge is 2.19. The van der Waals surface area contributed by atoms with Gasteiger partial charge in [-0.25, -0.2) is 4.79 Å². The first-order valence-electron chi connectivity index (χ1n) is 7.17. The van der Waals surface area contributed by atoms with Crippen molar-refractivity contribution in [3.8, 4) is 11.1 Å². The van der Waals surface area contributed by atoms with Gasteiger partial charge in [0.1, 0.15) is 0 Å². The summed E-state index contributed by atoms with van der Waals surface area (Å²) < 4.78 is 0. The fourth-order valence-corrected chi connectivity index (χ4v) is 2.96. The van der Waals surface area contributed by atoms with E-state index in [0.29, 0.717) is 5.56 Å². The van der Waals surface area contributed by atoms with Gasteiger partial charge in [0.2, 0.25) is 0 Å². The van der Waals surface area contributed by atoms with Crippen LogP contribution < -0.4 is 0 Å². The maximum Gasteiger partial charge on any atom is 0.336 e. The lowest BCUT2D eigenvalue weighted by atomic mass is 9.84. The lowest BCUT2D eigenvalue weighted by Crippen LogP contribution is -2.05. The number of carbonyl (C=O) groups is 1. The van der Waals surface area contributed by atoms with Gasteiger partial charge in [-0.1, -0.05) is 17.7 Å². The molecule has 1 N–H and O–H groups in total. The average Bonchev–Trinajstić information content (AvgIpc) is 2.43. The van der Waals surface area contributed by atoms with E-state index in [2.05, 4.69) is 34.6 Å². The Morgan fingerprint density at radius 1 is 0.810 bits per heavy atom. The van der Waals surface area contributed by atoms with E-state index in [1.54, 1.807) is 6.07 Å². The van der Waals surface area contributed by atoms with Crippen molar-refractivity contribution >= 4 is 5.97 Å². The van der Waals surface area contributed by atoms with Crippen molar-refractivity contribution in [3.05, 3.63) is 57.1 Å². The lowest BCUT2D eigenvalue weighted by Gasteiger charge is -2.20. The molecule has 21 heavy (non-hydrogen) atoms. The van der Waals surface area contributed by atoms with Gasteiger partial charge >= 0.3 is 5.97 Å². The summed E-state index contributed by atoms with van der Waals surface area (Å²) in [6.45, 7) is 12.5. The zero-order valence-electron chi connectivity index (χ0n) is 13.6. The first-order valence-corrected chi connectivity index (χ1v) is 7.17. The summed E-state index contributed by atoms with van der Waals surface area (Å²) in [7, 11) is 0. The largest absolute Gasteiger partial charge is 0.478 e. The molecule has 2 rings (SSSR count). The summed E-state index contributed by atoms with van der Waals surface area (Å²) in [6, 6.07) is 5.54. The molecular weight excluding hydrogens is 260 g/mol. The predicted molar refractivity (Wildman–Crippen MR) is 87.3 cm³/mol. The summed E-state index contributed by atoms with van der Waals surface area (Å²) in [6.07, 6.45) is 0. The third-order valence-corrected chi connectivity index (χ3v) is 4.67. The molecule has 0 aliphatic rings. The smallest absolute Gasteiger partial charge is 0.336 e. The van der Waals surface area contributed by atoms with Crippen LogP contribution in [-0.2, 0) is 0 Å². The summed E-state index contributed by atoms with van der Waals surface area (Å²) in [5.41, 5.74) is 9.45. The minimum Gasteiger partial charge on any atom is -0.478 e. The van der Waals surface area contributed by atoms with Gasteiger partial charge in [0, 0.05) is 0 Å². The molecule has 0 saturated heterocycles. The normalized spacial score (nSPS) is 10.8. The minimum atomic E-state index is -0.875. The minimum absolute atomic E-state index is 0.370. The van der Waals surface area contributed by atoms with E-state index in [1.165, 1.54) is 27.8 Å². The van der Waals surface area contributed by atoms with Gasteiger partial charge in [0.05, 0.1) is 5.56 Å². The average molecular weight is 282 g/mol. The van der Waals surface area contributed by atoms with Gasteiger partial charge < -0.3 is 5.11 Å². The first kappa shape index (κ1) is 15.3. The summed E-state index contributed by atoms with van der Waals surface area (Å²) in [5, 5.41) is 9.49. The third-order valence-electron chi connectivity index (χ3n) is 4.67. The van der Waals surface area contributed by atoms with E-state index in [9.17, 15) is 9.90 Å². The van der Waals surface area contributed by atoms with Crippen LogP contribution in [0.1, 0.15) is 43.7 Å². The maximum atomic E-state index is 11.6. The lowest BCUT2D eigenvalue weighted by molar-refractivity contribution is 0.0697. The van der Waals surface area contributed by atoms with Gasteiger partial charge in [-0.15, -0.1) is 0 Å². The number of aromatic carboxylic acids is 1. The van der Waals surface area contributed by atoms with Crippen LogP contribution in [0, 0.1) is 41.5 Å². The zero-order valence-corrected chi connectivity index (χ0v) is 13.6. The highest BCUT2D eigenvalue weighted by molar-refractivity contribution is 5.97. The molecular formula is C19H22O2. The number of hydrogen-bond acceptors (Lipinski definition) is 1. The molecule has 0 aromatic heterocycles. The van der Waals surface area contributed by atoms with Crippen molar-refractivity contribution in [2.45, 2.75) is 41.5 Å². The monoisotopic (exact) mass is 282 g/mol. The molecule has 0 amide bonds. The highest BCUT2D eigenvalue weighted by atomic mass is 16.4. The zero-order chi connectivity index (χ0) is 15.9. The van der Waals surface area contributed by atoms with Gasteiger partial charge in [-0.2, -0.15) is 0 Å². The fourth-order valence-electron chi connectivity index (χ4n) is 2.96. The van der Waals surface area contributed by atoms with Crippen LogP contribution in [0.15, 0.2) is 18.2 Å². The van der Waals surface area contributed by atoms with Crippen LogP contribution in [0.5, 0.6) is 0 Å². The van der Waals surface area contributed by atoms with Crippen molar-refractivity contribution in [2.75, 3.05) is 0 Å². The Balaban J connectivity index is 2.92. The van der Waals surface area contributed by atoms with Crippen LogP contribution >= 0.6 is 0 Å². The van der Waals surface area contributed by atoms with Crippen molar-refractivity contribution in [1.29, 1.82) is 0 Å². The molecule has 110 valence electrons. The molecule has 0 heterocycles. The Morgan fingerprint density at radius 3 is 1.76 bits per heavy atom. The second-order valence-corrected chi connectivity index (χ2v) is 5.85. The Bertz CT molecular complexity index is 711. The predicted octanol–water partition coefficient (Wildman–Crippen LogP) is 4.90. The number of rotatable bonds is 2. The molecule has 0 aliphatic heterocycles. The van der Waals surface area contributed by atoms with E-state index in [-0.39, 0.29) is 0 Å². The summed E-state index contributed by atoms with van der Waals surface area (Å²) in [5.74, 6) is -0.875. The van der Waals surface area contributed by atoms with E-state index in [4.69, 9.17) is 0 Å². The Morgan fingerprint density at radius 2 is 1.29 bits per heavy atom. The molecule has 0 spiro atoms. The van der Waals surface area contributed by atoms with Crippen LogP contribution in [0.25, 0.3) is 11.1 Å². The number of hydrogen-bond donors (Lipinski definition) is 1. The quantitative estimate of drug-likeness (QED) is 0.850. The Kier molecular flexibility index (Phi) is 3.91. The van der Waals surface area contributed by atoms with Crippen molar-refractivity contribution in [2.24, 2.45) is 0 Å². The van der Waals surface area contributed by atoms with E-state index in [0.717, 1.165) is 16.7 Å². The molecule has 2 nitrogen and oxygen atoms in total. The first-order chi connectivity index (χ1) is 9.75. The molecule has 0 saturated carbocycles. The topological polar surface area (TPSA) is 37.3 Å². The van der Waals surface area contributed by atoms with Crippen LogP contribution in [0.3, 0.4) is 0 Å². The molecule has 2 aromatic rings. The second-order valence-electron chi connectivity index (χ2n) is 5.85. The van der Waals surface area contributed by atoms with E-state index in [1.807, 2.05) is 19.1 Å². The number of carboxylic acid groups (broad SMARTS) is 1. The van der Waals surface area contributed by atoms with Gasteiger partial charge in [-0.05, 0) is 86.6 Å². The van der Waals surface area contributed by atoms with E-state index >= 15 is 0 Å². The molecule has 2 aromatic carbocycles. The van der Waals surface area contributed by atoms with Crippen molar-refractivity contribution < 1.29 is 9.90 Å². The highest BCUT2D eigenvalue weighted by Crippen LogP contribution is 2.36. The maximum absolute atomic E-state index is 11.6. The number of benzene rings is 2. The molecule has 2 heteroatoms. The molecule has 0 fully saturated rings. The van der Waals surface area contributed by atoms with Crippen LogP contribution in [0.2, 0.25) is 0 Å². The van der Waals surface area contributed by atoms with E-state index < -0.39 is 5.97 Å². The standard InChI is InChI=1S/C19H22O2/c1-10-7-8-16(19(20)21)17(9-10)18-14(5)12(3)11(2)13(4)15(18)6/h7-9H,1-6H3,(H,20,21). The van der Waals surface area contributed by atoms with Gasteiger partial charge in [0.25, 0.3) is 0 Å². The Hall–Kier alpha value is -2.09. The molecule has 0 aliphatic carbocycles. The Labute approximate surface area is 126 Å². The number of aryl methyl sites for hydroxylation is 1. The van der Waals surface area contributed by atoms with Gasteiger partial charge in [0.15, 0.2) is 0 Å². The second kappa shape index (κ2) is 5.36. The molecule has 0 radical (unpaired) electrons. The van der Waals surface area contributed by atoms with Crippen molar-refractivity contribution in [1.82, 2.24) is 0 Å². The molecule has 0 bridgehead atoms. The third kappa shape index (κ3) is 2.46. The van der Waals surface area contributed by atoms with Crippen LogP contribution in [-0.4, -0.2) is 11.1 Å². The molecule has 0 unspecified atom stereocenters. The summed E-state index contributed by atoms with van der Waals surface area (Å²) in [4.78, 5) is 11.6. The summed E-state index contributed by atoms with van der Waals surface area (Å²) >= 11 is 0. The molecule has 0 atom stereocenters. The van der Waals surface area contributed by atoms with Crippen LogP contribution in [0.4, 0.5) is 0 Å². The fraction of sp³-hybridized carbons (Fsp3) is 0.316. The SMILES string of the molecule is Cc1ccc(C(=O)O)c(-c2c(C)c(C)c(C)c(C)c2C)c1. The van der Waals surface area contributed by atoms with Gasteiger partial charge in [-0.3, -0.25) is 0 Å². The number of carboxylic acids is 1. The van der Waals surface area contributed by atoms with Crippen molar-refractivity contribution in [3.63, 3.8) is 0 Å².